The molecular formula is C15H21N3O4S. The Bertz CT molecular complexity index is 675. The maximum absolute atomic E-state index is 12.2. The Labute approximate surface area is 135 Å². The average Bonchev–Trinajstić information content (AvgIpc) is 2.96. The first kappa shape index (κ1) is 17.6. The van der Waals surface area contributed by atoms with Crippen molar-refractivity contribution in [3.8, 4) is 0 Å². The molecule has 0 spiro atoms. The molecule has 2 unspecified atom stereocenters. The molecular weight excluding hydrogens is 318 g/mol. The van der Waals surface area contributed by atoms with Gasteiger partial charge in [0.25, 0.3) is 5.91 Å². The molecule has 126 valence electrons. The Hall–Kier alpha value is -1.74. The highest BCUT2D eigenvalue weighted by Crippen LogP contribution is 2.12. The van der Waals surface area contributed by atoms with Crippen LogP contribution in [0.15, 0.2) is 41.8 Å². The van der Waals surface area contributed by atoms with Crippen molar-refractivity contribution in [1.82, 2.24) is 15.4 Å². The van der Waals surface area contributed by atoms with Gasteiger partial charge in [0.2, 0.25) is 10.0 Å². The molecule has 1 aromatic carbocycles. The van der Waals surface area contributed by atoms with Crippen molar-refractivity contribution < 1.29 is 18.3 Å². The minimum Gasteiger partial charge on any atom is -0.391 e. The largest absolute Gasteiger partial charge is 0.391 e. The van der Waals surface area contributed by atoms with Crippen molar-refractivity contribution in [1.29, 1.82) is 0 Å². The summed E-state index contributed by atoms with van der Waals surface area (Å²) in [5.74, 6) is -0.412. The number of nitrogens with one attached hydrogen (secondary N) is 3. The first-order valence-electron chi connectivity index (χ1n) is 7.31. The van der Waals surface area contributed by atoms with Gasteiger partial charge < -0.3 is 15.7 Å². The Morgan fingerprint density at radius 3 is 2.87 bits per heavy atom. The normalized spacial score (nSPS) is 21.1. The average molecular weight is 339 g/mol. The molecule has 1 fully saturated rings. The number of aliphatic hydroxyl groups is 1. The van der Waals surface area contributed by atoms with E-state index in [1.807, 2.05) is 0 Å². The van der Waals surface area contributed by atoms with Gasteiger partial charge in [0.05, 0.1) is 11.0 Å². The molecule has 0 bridgehead atoms. The lowest BCUT2D eigenvalue weighted by Gasteiger charge is -2.14. The van der Waals surface area contributed by atoms with Crippen molar-refractivity contribution in [2.24, 2.45) is 5.92 Å². The summed E-state index contributed by atoms with van der Waals surface area (Å²) in [5.41, 5.74) is 0.256. The van der Waals surface area contributed by atoms with Gasteiger partial charge in [0.15, 0.2) is 0 Å². The molecule has 4 N–H and O–H groups in total. The summed E-state index contributed by atoms with van der Waals surface area (Å²) in [6.07, 6.45) is 0.958. The SMILES string of the molecule is C=CCNS(=O)(=O)c1cccc(C(=O)NCC2CNCC2O)c1. The van der Waals surface area contributed by atoms with Gasteiger partial charge in [-0.3, -0.25) is 4.79 Å². The van der Waals surface area contributed by atoms with E-state index < -0.39 is 16.1 Å². The zero-order chi connectivity index (χ0) is 16.9. The van der Waals surface area contributed by atoms with E-state index in [0.29, 0.717) is 19.6 Å². The molecule has 1 heterocycles. The van der Waals surface area contributed by atoms with Crippen LogP contribution in [0.2, 0.25) is 0 Å². The summed E-state index contributed by atoms with van der Waals surface area (Å²) in [7, 11) is -3.67. The smallest absolute Gasteiger partial charge is 0.251 e. The van der Waals surface area contributed by atoms with E-state index in [1.54, 1.807) is 6.07 Å². The number of amides is 1. The van der Waals surface area contributed by atoms with Crippen LogP contribution in [-0.2, 0) is 10.0 Å². The zero-order valence-electron chi connectivity index (χ0n) is 12.7. The lowest BCUT2D eigenvalue weighted by Crippen LogP contribution is -2.34. The van der Waals surface area contributed by atoms with Gasteiger partial charge in [-0.05, 0) is 18.2 Å². The maximum atomic E-state index is 12.2. The third kappa shape index (κ3) is 4.61. The molecule has 0 aliphatic carbocycles. The number of aliphatic hydroxyl groups excluding tert-OH is 1. The van der Waals surface area contributed by atoms with Crippen molar-refractivity contribution in [2.75, 3.05) is 26.2 Å². The fourth-order valence-corrected chi connectivity index (χ4v) is 3.35. The van der Waals surface area contributed by atoms with Crippen LogP contribution in [-0.4, -0.2) is 51.7 Å². The molecule has 1 amide bonds. The van der Waals surface area contributed by atoms with Crippen LogP contribution < -0.4 is 15.4 Å². The molecule has 0 aromatic heterocycles. The minimum absolute atomic E-state index is 0.0227. The Kier molecular flexibility index (Phi) is 5.89. The van der Waals surface area contributed by atoms with E-state index in [-0.39, 0.29) is 28.8 Å². The summed E-state index contributed by atoms with van der Waals surface area (Å²) in [6, 6.07) is 5.81. The number of hydrogen-bond acceptors (Lipinski definition) is 5. The van der Waals surface area contributed by atoms with E-state index in [0.717, 1.165) is 0 Å². The molecule has 0 radical (unpaired) electrons. The molecule has 2 rings (SSSR count). The molecule has 23 heavy (non-hydrogen) atoms. The van der Waals surface area contributed by atoms with E-state index in [9.17, 15) is 18.3 Å². The van der Waals surface area contributed by atoms with Crippen LogP contribution in [0.3, 0.4) is 0 Å². The van der Waals surface area contributed by atoms with Gasteiger partial charge >= 0.3 is 0 Å². The topological polar surface area (TPSA) is 108 Å². The van der Waals surface area contributed by atoms with E-state index in [1.165, 1.54) is 24.3 Å². The second-order valence-corrected chi connectivity index (χ2v) is 7.13. The summed E-state index contributed by atoms with van der Waals surface area (Å²) in [6.45, 7) is 5.06. The van der Waals surface area contributed by atoms with Gasteiger partial charge in [-0.2, -0.15) is 0 Å². The molecule has 1 saturated heterocycles. The van der Waals surface area contributed by atoms with Crippen molar-refractivity contribution in [2.45, 2.75) is 11.0 Å². The van der Waals surface area contributed by atoms with Gasteiger partial charge in [0, 0.05) is 37.7 Å². The molecule has 1 aliphatic heterocycles. The number of rotatable bonds is 7. The number of sulfonamides is 1. The van der Waals surface area contributed by atoms with E-state index in [2.05, 4.69) is 21.9 Å². The van der Waals surface area contributed by atoms with E-state index >= 15 is 0 Å². The number of carbonyl (C=O) groups excluding carboxylic acids is 1. The van der Waals surface area contributed by atoms with Crippen molar-refractivity contribution in [3.05, 3.63) is 42.5 Å². The maximum Gasteiger partial charge on any atom is 0.251 e. The Balaban J connectivity index is 2.03. The quantitative estimate of drug-likeness (QED) is 0.499. The van der Waals surface area contributed by atoms with Gasteiger partial charge in [0.1, 0.15) is 0 Å². The first-order chi connectivity index (χ1) is 10.9. The van der Waals surface area contributed by atoms with Crippen LogP contribution in [0.1, 0.15) is 10.4 Å². The third-order valence-corrected chi connectivity index (χ3v) is 5.07. The second-order valence-electron chi connectivity index (χ2n) is 5.36. The van der Waals surface area contributed by atoms with Gasteiger partial charge in [-0.25, -0.2) is 13.1 Å². The summed E-state index contributed by atoms with van der Waals surface area (Å²) >= 11 is 0. The zero-order valence-corrected chi connectivity index (χ0v) is 13.5. The molecule has 1 aromatic rings. The van der Waals surface area contributed by atoms with Crippen LogP contribution in [0, 0.1) is 5.92 Å². The van der Waals surface area contributed by atoms with Crippen LogP contribution in [0.5, 0.6) is 0 Å². The molecule has 7 nitrogen and oxygen atoms in total. The summed E-state index contributed by atoms with van der Waals surface area (Å²) < 4.78 is 26.4. The number of β-amino-alcohol motifs (C(OH)–C–C–N with tert-alkyl or cyclic N) is 1. The van der Waals surface area contributed by atoms with Crippen LogP contribution in [0.4, 0.5) is 0 Å². The lowest BCUT2D eigenvalue weighted by atomic mass is 10.1. The van der Waals surface area contributed by atoms with Crippen LogP contribution >= 0.6 is 0 Å². The standard InChI is InChI=1S/C15H21N3O4S/c1-2-6-18-23(21,22)13-5-3-4-11(7-13)15(20)17-9-12-8-16-10-14(12)19/h2-5,7,12,14,16,18-19H,1,6,8-10H2,(H,17,20). The number of benzene rings is 1. The second kappa shape index (κ2) is 7.69. The Morgan fingerprint density at radius 1 is 1.43 bits per heavy atom. The molecule has 1 aliphatic rings. The van der Waals surface area contributed by atoms with E-state index in [4.69, 9.17) is 0 Å². The highest BCUT2D eigenvalue weighted by Gasteiger charge is 2.25. The molecule has 0 saturated carbocycles. The monoisotopic (exact) mass is 339 g/mol. The third-order valence-electron chi connectivity index (χ3n) is 3.65. The fraction of sp³-hybridized carbons (Fsp3) is 0.400. The molecule has 2 atom stereocenters. The summed E-state index contributed by atoms with van der Waals surface area (Å²) in [5, 5.41) is 15.5. The fourth-order valence-electron chi connectivity index (χ4n) is 2.31. The first-order valence-corrected chi connectivity index (χ1v) is 8.80. The highest BCUT2D eigenvalue weighted by molar-refractivity contribution is 7.89. The van der Waals surface area contributed by atoms with Crippen molar-refractivity contribution in [3.63, 3.8) is 0 Å². The number of carbonyl (C=O) groups is 1. The molecule has 8 heteroatoms. The lowest BCUT2D eigenvalue weighted by molar-refractivity contribution is 0.0927. The summed E-state index contributed by atoms with van der Waals surface area (Å²) in [4.78, 5) is 12.2. The van der Waals surface area contributed by atoms with Crippen LogP contribution in [0.25, 0.3) is 0 Å². The predicted molar refractivity (Wildman–Crippen MR) is 86.5 cm³/mol. The predicted octanol–water partition coefficient (Wildman–Crippen LogP) is -0.539. The van der Waals surface area contributed by atoms with Gasteiger partial charge in [-0.15, -0.1) is 6.58 Å². The highest BCUT2D eigenvalue weighted by atomic mass is 32.2. The number of hydrogen-bond donors (Lipinski definition) is 4. The minimum atomic E-state index is -3.67. The van der Waals surface area contributed by atoms with Gasteiger partial charge in [-0.1, -0.05) is 12.1 Å². The Morgan fingerprint density at radius 2 is 2.22 bits per heavy atom. The van der Waals surface area contributed by atoms with Crippen molar-refractivity contribution >= 4 is 15.9 Å².